The number of nitrogens with one attached hydrogen (secondary N) is 1. The quantitative estimate of drug-likeness (QED) is 0.802. The van der Waals surface area contributed by atoms with Crippen molar-refractivity contribution in [1.82, 2.24) is 5.32 Å². The first-order valence-electron chi connectivity index (χ1n) is 5.69. The van der Waals surface area contributed by atoms with Gasteiger partial charge in [-0.2, -0.15) is 0 Å². The first-order chi connectivity index (χ1) is 7.68. The topological polar surface area (TPSA) is 29.1 Å². The zero-order chi connectivity index (χ0) is 11.5. The molecule has 1 aliphatic rings. The molecule has 1 aromatic carbocycles. The van der Waals surface area contributed by atoms with Gasteiger partial charge in [0.1, 0.15) is 0 Å². The molecule has 2 nitrogen and oxygen atoms in total. The van der Waals surface area contributed by atoms with Crippen molar-refractivity contribution in [3.05, 3.63) is 34.3 Å². The lowest BCUT2D eigenvalue weighted by Gasteiger charge is -2.22. The van der Waals surface area contributed by atoms with Gasteiger partial charge in [0.2, 0.25) is 0 Å². The molecule has 1 unspecified atom stereocenters. The second-order valence-corrected chi connectivity index (χ2v) is 4.80. The summed E-state index contributed by atoms with van der Waals surface area (Å²) in [6.45, 7) is 3.78. The standard InChI is InChI=1S/C13H16ClNO/c1-9-4-5-11(14)7-12(9)13(16)10-3-2-6-15-8-10/h4-5,7,10,15H,2-3,6,8H2,1H3. The molecule has 0 amide bonds. The molecular weight excluding hydrogens is 222 g/mol. The third-order valence-corrected chi connectivity index (χ3v) is 3.37. The van der Waals surface area contributed by atoms with Gasteiger partial charge in [0.15, 0.2) is 5.78 Å². The fourth-order valence-corrected chi connectivity index (χ4v) is 2.33. The maximum Gasteiger partial charge on any atom is 0.167 e. The molecule has 16 heavy (non-hydrogen) atoms. The van der Waals surface area contributed by atoms with E-state index in [4.69, 9.17) is 11.6 Å². The van der Waals surface area contributed by atoms with Gasteiger partial charge in [0.25, 0.3) is 0 Å². The SMILES string of the molecule is Cc1ccc(Cl)cc1C(=O)C1CCCNC1. The Morgan fingerprint density at radius 1 is 1.50 bits per heavy atom. The van der Waals surface area contributed by atoms with Crippen LogP contribution in [0, 0.1) is 12.8 Å². The zero-order valence-corrected chi connectivity index (χ0v) is 10.2. The lowest BCUT2D eigenvalue weighted by atomic mass is 9.89. The summed E-state index contributed by atoms with van der Waals surface area (Å²) < 4.78 is 0. The van der Waals surface area contributed by atoms with E-state index in [1.54, 1.807) is 6.07 Å². The van der Waals surface area contributed by atoms with Crippen molar-refractivity contribution < 1.29 is 4.79 Å². The predicted octanol–water partition coefficient (Wildman–Crippen LogP) is 2.83. The van der Waals surface area contributed by atoms with Crippen molar-refractivity contribution in [2.45, 2.75) is 19.8 Å². The summed E-state index contributed by atoms with van der Waals surface area (Å²) in [4.78, 5) is 12.3. The highest BCUT2D eigenvalue weighted by molar-refractivity contribution is 6.31. The Balaban J connectivity index is 2.22. The number of halogens is 1. The van der Waals surface area contributed by atoms with Crippen LogP contribution < -0.4 is 5.32 Å². The van der Waals surface area contributed by atoms with Crippen LogP contribution in [0.2, 0.25) is 5.02 Å². The predicted molar refractivity (Wildman–Crippen MR) is 66.1 cm³/mol. The molecule has 1 N–H and O–H groups in total. The molecule has 1 aromatic rings. The van der Waals surface area contributed by atoms with Crippen LogP contribution in [0.3, 0.4) is 0 Å². The lowest BCUT2D eigenvalue weighted by Crippen LogP contribution is -2.34. The molecule has 1 saturated heterocycles. The molecule has 0 aromatic heterocycles. The normalized spacial score (nSPS) is 20.8. The van der Waals surface area contributed by atoms with E-state index in [0.717, 1.165) is 37.1 Å². The minimum Gasteiger partial charge on any atom is -0.316 e. The molecule has 0 bridgehead atoms. The van der Waals surface area contributed by atoms with E-state index in [0.29, 0.717) is 5.02 Å². The van der Waals surface area contributed by atoms with Crippen molar-refractivity contribution in [1.29, 1.82) is 0 Å². The van der Waals surface area contributed by atoms with Crippen LogP contribution in [0.25, 0.3) is 0 Å². The second-order valence-electron chi connectivity index (χ2n) is 4.37. The van der Waals surface area contributed by atoms with Gasteiger partial charge in [-0.05, 0) is 44.0 Å². The number of benzene rings is 1. The summed E-state index contributed by atoms with van der Waals surface area (Å²) in [6.07, 6.45) is 2.06. The van der Waals surface area contributed by atoms with E-state index < -0.39 is 0 Å². The van der Waals surface area contributed by atoms with Crippen LogP contribution in [0.4, 0.5) is 0 Å². The van der Waals surface area contributed by atoms with Crippen LogP contribution in [0.5, 0.6) is 0 Å². The number of hydrogen-bond donors (Lipinski definition) is 1. The largest absolute Gasteiger partial charge is 0.316 e. The van der Waals surface area contributed by atoms with Crippen molar-refractivity contribution in [3.8, 4) is 0 Å². The third kappa shape index (κ3) is 2.45. The minimum atomic E-state index is 0.117. The van der Waals surface area contributed by atoms with Gasteiger partial charge in [0, 0.05) is 23.0 Å². The molecule has 1 atom stereocenters. The van der Waals surface area contributed by atoms with Crippen LogP contribution in [-0.4, -0.2) is 18.9 Å². The number of rotatable bonds is 2. The summed E-state index contributed by atoms with van der Waals surface area (Å²) in [6, 6.07) is 5.52. The molecule has 0 aliphatic carbocycles. The summed E-state index contributed by atoms with van der Waals surface area (Å²) in [5.41, 5.74) is 1.79. The van der Waals surface area contributed by atoms with Gasteiger partial charge in [-0.1, -0.05) is 17.7 Å². The molecular formula is C13H16ClNO. The fourth-order valence-electron chi connectivity index (χ4n) is 2.16. The number of carbonyl (C=O) groups is 1. The first-order valence-corrected chi connectivity index (χ1v) is 6.07. The van der Waals surface area contributed by atoms with Crippen LogP contribution >= 0.6 is 11.6 Å². The highest BCUT2D eigenvalue weighted by Gasteiger charge is 2.23. The summed E-state index contributed by atoms with van der Waals surface area (Å²) >= 11 is 5.93. The average molecular weight is 238 g/mol. The highest BCUT2D eigenvalue weighted by Crippen LogP contribution is 2.21. The van der Waals surface area contributed by atoms with Gasteiger partial charge >= 0.3 is 0 Å². The fraction of sp³-hybridized carbons (Fsp3) is 0.462. The van der Waals surface area contributed by atoms with E-state index in [2.05, 4.69) is 5.32 Å². The summed E-state index contributed by atoms with van der Waals surface area (Å²) in [5, 5.41) is 3.90. The molecule has 0 spiro atoms. The highest BCUT2D eigenvalue weighted by atomic mass is 35.5. The number of aryl methyl sites for hydroxylation is 1. The lowest BCUT2D eigenvalue weighted by molar-refractivity contribution is 0.0899. The van der Waals surface area contributed by atoms with Gasteiger partial charge in [0.05, 0.1) is 0 Å². The van der Waals surface area contributed by atoms with Crippen molar-refractivity contribution >= 4 is 17.4 Å². The average Bonchev–Trinajstić information content (AvgIpc) is 2.32. The molecule has 1 fully saturated rings. The number of hydrogen-bond acceptors (Lipinski definition) is 2. The molecule has 1 aliphatic heterocycles. The van der Waals surface area contributed by atoms with Gasteiger partial charge in [-0.15, -0.1) is 0 Å². The molecule has 0 radical (unpaired) electrons. The van der Waals surface area contributed by atoms with Crippen LogP contribution in [-0.2, 0) is 0 Å². The molecule has 2 rings (SSSR count). The van der Waals surface area contributed by atoms with Gasteiger partial charge < -0.3 is 5.32 Å². The van der Waals surface area contributed by atoms with E-state index in [9.17, 15) is 4.79 Å². The maximum atomic E-state index is 12.3. The van der Waals surface area contributed by atoms with Crippen molar-refractivity contribution in [2.75, 3.05) is 13.1 Å². The Morgan fingerprint density at radius 3 is 3.00 bits per heavy atom. The molecule has 0 saturated carbocycles. The van der Waals surface area contributed by atoms with E-state index in [1.165, 1.54) is 0 Å². The number of carbonyl (C=O) groups excluding carboxylic acids is 1. The van der Waals surface area contributed by atoms with E-state index in [-0.39, 0.29) is 11.7 Å². The second kappa shape index (κ2) is 4.98. The van der Waals surface area contributed by atoms with Gasteiger partial charge in [-0.25, -0.2) is 0 Å². The third-order valence-electron chi connectivity index (χ3n) is 3.13. The zero-order valence-electron chi connectivity index (χ0n) is 9.42. The van der Waals surface area contributed by atoms with E-state index >= 15 is 0 Å². The van der Waals surface area contributed by atoms with Gasteiger partial charge in [-0.3, -0.25) is 4.79 Å². The maximum absolute atomic E-state index is 12.3. The smallest absolute Gasteiger partial charge is 0.167 e. The number of piperidine rings is 1. The Kier molecular flexibility index (Phi) is 3.62. The first kappa shape index (κ1) is 11.6. The Labute approximate surface area is 101 Å². The van der Waals surface area contributed by atoms with E-state index in [1.807, 2.05) is 19.1 Å². The van der Waals surface area contributed by atoms with Crippen LogP contribution in [0.1, 0.15) is 28.8 Å². The molecule has 86 valence electrons. The van der Waals surface area contributed by atoms with Crippen LogP contribution in [0.15, 0.2) is 18.2 Å². The Bertz CT molecular complexity index is 397. The monoisotopic (exact) mass is 237 g/mol. The number of ketones is 1. The molecule has 1 heterocycles. The van der Waals surface area contributed by atoms with Crippen molar-refractivity contribution in [2.24, 2.45) is 5.92 Å². The molecule has 3 heteroatoms. The Morgan fingerprint density at radius 2 is 2.31 bits per heavy atom. The minimum absolute atomic E-state index is 0.117. The summed E-state index contributed by atoms with van der Waals surface area (Å²) in [7, 11) is 0. The number of Topliss-reactive ketones (excluding diaryl/α,β-unsaturated/α-hetero) is 1. The Hall–Kier alpha value is -0.860. The summed E-state index contributed by atoms with van der Waals surface area (Å²) in [5.74, 6) is 0.345. The van der Waals surface area contributed by atoms with Crippen molar-refractivity contribution in [3.63, 3.8) is 0 Å².